The van der Waals surface area contributed by atoms with Crippen LogP contribution < -0.4 is 18.4 Å². The number of fused-ring (bicyclic) bond motifs is 1. The number of anilines is 2. The van der Waals surface area contributed by atoms with E-state index < -0.39 is 5.82 Å². The van der Waals surface area contributed by atoms with Crippen molar-refractivity contribution in [1.82, 2.24) is 23.3 Å². The fourth-order valence-electron chi connectivity index (χ4n) is 4.83. The van der Waals surface area contributed by atoms with Gasteiger partial charge in [-0.25, -0.2) is 7.50 Å². The number of amides is 2. The lowest BCUT2D eigenvalue weighted by molar-refractivity contribution is -0.132. The number of hydrogen-bond acceptors (Lipinski definition) is 7. The molecule has 1 fully saturated rings. The Kier molecular flexibility index (Phi) is 8.23. The molecule has 38 heavy (non-hydrogen) atoms. The standard InChI is InChI=1S/C25H25FI2N6O4/c1-37-24-16(26)3-2-4-17(24)31-23-21-18(32-22(23)15-5-6-29-13-19(15)38-28)11-14(30-25(21)36)12-20(35)33-7-9-34(27)10-8-33/h2-6,13-14,31-32H,7-12H2,1H3,(H,30,36). The van der Waals surface area contributed by atoms with Crippen LogP contribution in [0, 0.1) is 5.82 Å². The number of aromatic amines is 1. The Morgan fingerprint density at radius 1 is 1.26 bits per heavy atom. The van der Waals surface area contributed by atoms with Crippen LogP contribution in [0.3, 0.4) is 0 Å². The van der Waals surface area contributed by atoms with Crippen LogP contribution >= 0.6 is 45.9 Å². The van der Waals surface area contributed by atoms with Crippen LogP contribution in [0.25, 0.3) is 11.3 Å². The van der Waals surface area contributed by atoms with Gasteiger partial charge in [-0.05, 0) is 18.2 Å². The summed E-state index contributed by atoms with van der Waals surface area (Å²) in [6, 6.07) is 5.94. The molecule has 0 spiro atoms. The second kappa shape index (κ2) is 11.6. The molecule has 1 saturated heterocycles. The summed E-state index contributed by atoms with van der Waals surface area (Å²) in [7, 11) is 1.39. The first kappa shape index (κ1) is 26.9. The van der Waals surface area contributed by atoms with Gasteiger partial charge >= 0.3 is 0 Å². The smallest absolute Gasteiger partial charge is 0.255 e. The van der Waals surface area contributed by atoms with Crippen LogP contribution in [0.15, 0.2) is 36.7 Å². The third-order valence-electron chi connectivity index (χ3n) is 6.66. The topological polar surface area (TPSA) is 112 Å². The molecule has 2 aliphatic rings. The summed E-state index contributed by atoms with van der Waals surface area (Å²) in [6.07, 6.45) is 3.83. The first-order valence-electron chi connectivity index (χ1n) is 12.0. The zero-order valence-corrected chi connectivity index (χ0v) is 24.7. The Balaban J connectivity index is 1.50. The molecule has 1 aromatic carbocycles. The van der Waals surface area contributed by atoms with Crippen molar-refractivity contribution in [3.05, 3.63) is 53.7 Å². The monoisotopic (exact) mass is 746 g/mol. The number of rotatable bonds is 7. The van der Waals surface area contributed by atoms with Gasteiger partial charge in [0.2, 0.25) is 5.91 Å². The number of nitrogens with one attached hydrogen (secondary N) is 3. The summed E-state index contributed by atoms with van der Waals surface area (Å²) < 4.78 is 27.4. The number of aromatic nitrogens is 2. The number of halogens is 3. The van der Waals surface area contributed by atoms with Crippen molar-refractivity contribution in [2.24, 2.45) is 0 Å². The summed E-state index contributed by atoms with van der Waals surface area (Å²) in [5.41, 5.74) is 3.12. The Bertz CT molecular complexity index is 1360. The van der Waals surface area contributed by atoms with E-state index in [9.17, 15) is 14.0 Å². The first-order valence-corrected chi connectivity index (χ1v) is 13.8. The van der Waals surface area contributed by atoms with E-state index in [2.05, 4.69) is 46.6 Å². The second-order valence-electron chi connectivity index (χ2n) is 8.99. The molecule has 5 rings (SSSR count). The molecule has 3 aromatic rings. The molecule has 1 unspecified atom stereocenters. The van der Waals surface area contributed by atoms with Crippen molar-refractivity contribution in [2.75, 3.05) is 38.6 Å². The average Bonchev–Trinajstić information content (AvgIpc) is 3.27. The molecule has 1 atom stereocenters. The fraction of sp³-hybridized carbons (Fsp3) is 0.320. The number of piperazine rings is 1. The maximum absolute atomic E-state index is 14.5. The highest BCUT2D eigenvalue weighted by Gasteiger charge is 2.34. The highest BCUT2D eigenvalue weighted by Crippen LogP contribution is 2.42. The summed E-state index contributed by atoms with van der Waals surface area (Å²) in [6.45, 7) is 2.98. The van der Waals surface area contributed by atoms with E-state index in [1.54, 1.807) is 53.6 Å². The van der Waals surface area contributed by atoms with E-state index in [1.165, 1.54) is 13.2 Å². The number of carbonyl (C=O) groups is 2. The number of H-pyrrole nitrogens is 1. The molecule has 13 heteroatoms. The number of methoxy groups -OCH3 is 1. The molecule has 3 N–H and O–H groups in total. The normalized spacial score (nSPS) is 17.5. The van der Waals surface area contributed by atoms with Crippen LogP contribution in [-0.2, 0) is 11.2 Å². The van der Waals surface area contributed by atoms with Gasteiger partial charge in [-0.3, -0.25) is 14.6 Å². The largest absolute Gasteiger partial charge is 0.492 e. The van der Waals surface area contributed by atoms with Gasteiger partial charge < -0.3 is 28.3 Å². The van der Waals surface area contributed by atoms with Crippen molar-refractivity contribution in [1.29, 1.82) is 0 Å². The SMILES string of the molecule is COc1c(F)cccc1Nc1c(-c2ccncc2OI)[nH]c2c1C(=O)NC(CC(=O)N1CCN(I)CC1)C2. The minimum absolute atomic E-state index is 0.0209. The maximum Gasteiger partial charge on any atom is 0.255 e. The van der Waals surface area contributed by atoms with E-state index in [1.807, 2.05) is 4.90 Å². The lowest BCUT2D eigenvalue weighted by Gasteiger charge is -2.33. The summed E-state index contributed by atoms with van der Waals surface area (Å²) in [5, 5.41) is 6.22. The van der Waals surface area contributed by atoms with Gasteiger partial charge in [0.05, 0.1) is 35.9 Å². The lowest BCUT2D eigenvalue weighted by Crippen LogP contribution is -2.49. The van der Waals surface area contributed by atoms with Gasteiger partial charge in [0, 0.05) is 85.4 Å². The van der Waals surface area contributed by atoms with E-state index in [4.69, 9.17) is 7.80 Å². The second-order valence-corrected chi connectivity index (χ2v) is 10.8. The van der Waals surface area contributed by atoms with Crippen molar-refractivity contribution < 1.29 is 21.8 Å². The zero-order valence-electron chi connectivity index (χ0n) is 20.4. The van der Waals surface area contributed by atoms with Crippen LogP contribution in [0.2, 0.25) is 0 Å². The molecule has 0 radical (unpaired) electrons. The van der Waals surface area contributed by atoms with Crippen LogP contribution in [0.1, 0.15) is 22.5 Å². The third kappa shape index (κ3) is 5.40. The highest BCUT2D eigenvalue weighted by atomic mass is 127. The van der Waals surface area contributed by atoms with E-state index in [0.717, 1.165) is 13.1 Å². The van der Waals surface area contributed by atoms with Crippen LogP contribution in [0.4, 0.5) is 15.8 Å². The minimum atomic E-state index is -0.532. The number of pyridine rings is 1. The summed E-state index contributed by atoms with van der Waals surface area (Å²) in [4.78, 5) is 35.8. The summed E-state index contributed by atoms with van der Waals surface area (Å²) >= 11 is 4.04. The van der Waals surface area contributed by atoms with Gasteiger partial charge in [-0.1, -0.05) is 6.07 Å². The Morgan fingerprint density at radius 2 is 2.05 bits per heavy atom. The van der Waals surface area contributed by atoms with Crippen molar-refractivity contribution >= 4 is 69.1 Å². The first-order chi connectivity index (χ1) is 18.4. The number of benzene rings is 1. The minimum Gasteiger partial charge on any atom is -0.492 e. The highest BCUT2D eigenvalue weighted by molar-refractivity contribution is 14.1. The Labute approximate surface area is 246 Å². The number of nitrogens with zero attached hydrogens (tertiary/aromatic N) is 3. The zero-order chi connectivity index (χ0) is 26.8. The molecule has 2 amide bonds. The van der Waals surface area contributed by atoms with E-state index in [0.29, 0.717) is 59.1 Å². The number of ether oxygens (including phenoxy) is 1. The van der Waals surface area contributed by atoms with Crippen LogP contribution in [0.5, 0.6) is 11.5 Å². The molecule has 2 aliphatic heterocycles. The maximum atomic E-state index is 14.5. The quantitative estimate of drug-likeness (QED) is 0.245. The van der Waals surface area contributed by atoms with Crippen molar-refractivity contribution in [3.63, 3.8) is 0 Å². The lowest BCUT2D eigenvalue weighted by atomic mass is 9.97. The number of hydrogen-bond donors (Lipinski definition) is 3. The summed E-state index contributed by atoms with van der Waals surface area (Å²) in [5.74, 6) is -0.322. The third-order valence-corrected chi connectivity index (χ3v) is 8.10. The van der Waals surface area contributed by atoms with E-state index >= 15 is 0 Å². The van der Waals surface area contributed by atoms with Crippen molar-refractivity contribution in [2.45, 2.75) is 18.9 Å². The van der Waals surface area contributed by atoms with Gasteiger partial charge in [0.15, 0.2) is 40.3 Å². The molecular weight excluding hydrogens is 721 g/mol. The molecular formula is C25H25FI2N6O4. The number of para-hydroxylation sites is 1. The van der Waals surface area contributed by atoms with Gasteiger partial charge in [0.25, 0.3) is 5.91 Å². The number of carbonyl (C=O) groups excluding carboxylic acids is 2. The molecule has 10 nitrogen and oxygen atoms in total. The molecule has 200 valence electrons. The van der Waals surface area contributed by atoms with Crippen molar-refractivity contribution in [3.8, 4) is 22.8 Å². The molecule has 0 bridgehead atoms. The predicted octanol–water partition coefficient (Wildman–Crippen LogP) is 4.24. The molecule has 4 heterocycles. The predicted molar refractivity (Wildman–Crippen MR) is 157 cm³/mol. The molecule has 0 aliphatic carbocycles. The average molecular weight is 746 g/mol. The van der Waals surface area contributed by atoms with Crippen LogP contribution in [-0.4, -0.2) is 69.1 Å². The van der Waals surface area contributed by atoms with Gasteiger partial charge in [0.1, 0.15) is 0 Å². The Morgan fingerprint density at radius 3 is 2.79 bits per heavy atom. The van der Waals surface area contributed by atoms with Gasteiger partial charge in [-0.2, -0.15) is 0 Å². The molecule has 0 saturated carbocycles. The van der Waals surface area contributed by atoms with Gasteiger partial charge in [-0.15, -0.1) is 0 Å². The fourth-order valence-corrected chi connectivity index (χ4v) is 5.61. The van der Waals surface area contributed by atoms with E-state index in [-0.39, 0.29) is 30.0 Å². The molecule has 2 aromatic heterocycles. The Hall–Kier alpha value is -2.66.